The van der Waals surface area contributed by atoms with Crippen LogP contribution in [0.4, 0.5) is 0 Å². The summed E-state index contributed by atoms with van der Waals surface area (Å²) in [5.74, 6) is 0. The predicted octanol–water partition coefficient (Wildman–Crippen LogP) is -0.175. The van der Waals surface area contributed by atoms with E-state index < -0.39 is 0 Å². The minimum absolute atomic E-state index is 1.02. The molecule has 1 fully saturated rings. The van der Waals surface area contributed by atoms with Crippen molar-refractivity contribution in [3.8, 4) is 12.5 Å². The second-order valence-corrected chi connectivity index (χ2v) is 2.42. The summed E-state index contributed by atoms with van der Waals surface area (Å²) in [5, 5.41) is 0. The van der Waals surface area contributed by atoms with Crippen LogP contribution in [0.25, 0.3) is 0 Å². The standard InChI is InChI=1S/C7H12N2/c1-3-9-6-4-8(2)5-7-9/h1H,4-7H2,2H3. The first-order valence-corrected chi connectivity index (χ1v) is 3.22. The van der Waals surface area contributed by atoms with Gasteiger partial charge in [-0.25, -0.2) is 0 Å². The van der Waals surface area contributed by atoms with Crippen molar-refractivity contribution < 1.29 is 0 Å². The molecule has 0 spiro atoms. The van der Waals surface area contributed by atoms with Gasteiger partial charge in [0, 0.05) is 32.2 Å². The zero-order chi connectivity index (χ0) is 6.69. The van der Waals surface area contributed by atoms with Crippen LogP contribution in [0.2, 0.25) is 0 Å². The van der Waals surface area contributed by atoms with E-state index >= 15 is 0 Å². The average molecular weight is 124 g/mol. The van der Waals surface area contributed by atoms with Gasteiger partial charge in [0.2, 0.25) is 0 Å². The zero-order valence-electron chi connectivity index (χ0n) is 5.80. The van der Waals surface area contributed by atoms with E-state index in [0.29, 0.717) is 0 Å². The number of hydrogen-bond donors (Lipinski definition) is 0. The van der Waals surface area contributed by atoms with Crippen LogP contribution < -0.4 is 0 Å². The van der Waals surface area contributed by atoms with Crippen LogP contribution in [0.3, 0.4) is 0 Å². The van der Waals surface area contributed by atoms with Gasteiger partial charge in [0.1, 0.15) is 0 Å². The molecule has 1 rings (SSSR count). The minimum atomic E-state index is 1.02. The Morgan fingerprint density at radius 2 is 1.78 bits per heavy atom. The normalized spacial score (nSPS) is 21.6. The van der Waals surface area contributed by atoms with Crippen molar-refractivity contribution >= 4 is 0 Å². The molecule has 0 aliphatic carbocycles. The number of piperazine rings is 1. The summed E-state index contributed by atoms with van der Waals surface area (Å²) in [4.78, 5) is 4.30. The van der Waals surface area contributed by atoms with Gasteiger partial charge >= 0.3 is 0 Å². The molecule has 1 aliphatic heterocycles. The van der Waals surface area contributed by atoms with E-state index in [2.05, 4.69) is 18.0 Å². The number of hydrogen-bond acceptors (Lipinski definition) is 2. The highest BCUT2D eigenvalue weighted by Gasteiger charge is 2.09. The second-order valence-electron chi connectivity index (χ2n) is 2.42. The lowest BCUT2D eigenvalue weighted by atomic mass is 10.3. The third-order valence-electron chi connectivity index (χ3n) is 1.69. The van der Waals surface area contributed by atoms with Gasteiger partial charge in [0.25, 0.3) is 0 Å². The van der Waals surface area contributed by atoms with E-state index in [1.165, 1.54) is 0 Å². The fourth-order valence-electron chi connectivity index (χ4n) is 0.936. The monoisotopic (exact) mass is 124 g/mol. The Hall–Kier alpha value is -0.680. The molecule has 0 atom stereocenters. The van der Waals surface area contributed by atoms with Crippen LogP contribution in [-0.2, 0) is 0 Å². The fraction of sp³-hybridized carbons (Fsp3) is 0.714. The number of terminal acetylenes is 1. The number of nitrogens with zero attached hydrogens (tertiary/aromatic N) is 2. The molecule has 0 saturated carbocycles. The smallest absolute Gasteiger partial charge is 0.0388 e. The molecule has 0 N–H and O–H groups in total. The lowest BCUT2D eigenvalue weighted by Crippen LogP contribution is -2.41. The van der Waals surface area contributed by atoms with Gasteiger partial charge in [0.15, 0.2) is 0 Å². The summed E-state index contributed by atoms with van der Waals surface area (Å²) in [7, 11) is 2.12. The first kappa shape index (κ1) is 6.44. The molecular formula is C7H12N2. The van der Waals surface area contributed by atoms with Crippen molar-refractivity contribution in [3.05, 3.63) is 0 Å². The van der Waals surface area contributed by atoms with E-state index in [0.717, 1.165) is 26.2 Å². The first-order chi connectivity index (χ1) is 4.33. The van der Waals surface area contributed by atoms with Crippen molar-refractivity contribution in [1.29, 1.82) is 0 Å². The van der Waals surface area contributed by atoms with E-state index in [4.69, 9.17) is 6.42 Å². The molecular weight excluding hydrogens is 112 g/mol. The highest BCUT2D eigenvalue weighted by molar-refractivity contribution is 4.87. The maximum atomic E-state index is 5.21. The Labute approximate surface area is 56.4 Å². The van der Waals surface area contributed by atoms with Crippen molar-refractivity contribution in [2.75, 3.05) is 33.2 Å². The van der Waals surface area contributed by atoms with E-state index in [-0.39, 0.29) is 0 Å². The summed E-state index contributed by atoms with van der Waals surface area (Å²) >= 11 is 0. The maximum absolute atomic E-state index is 5.21. The van der Waals surface area contributed by atoms with Crippen molar-refractivity contribution in [1.82, 2.24) is 9.80 Å². The molecule has 0 aromatic rings. The number of rotatable bonds is 0. The third kappa shape index (κ3) is 1.62. The maximum Gasteiger partial charge on any atom is 0.0388 e. The van der Waals surface area contributed by atoms with Crippen LogP contribution in [0.1, 0.15) is 0 Å². The SMILES string of the molecule is C#CN1CCN(C)CC1. The molecule has 2 nitrogen and oxygen atoms in total. The van der Waals surface area contributed by atoms with Crippen molar-refractivity contribution in [2.24, 2.45) is 0 Å². The van der Waals surface area contributed by atoms with Crippen LogP contribution >= 0.6 is 0 Å². The van der Waals surface area contributed by atoms with E-state index in [9.17, 15) is 0 Å². The Bertz CT molecular complexity index is 117. The molecule has 9 heavy (non-hydrogen) atoms. The van der Waals surface area contributed by atoms with E-state index in [1.807, 2.05) is 4.90 Å². The van der Waals surface area contributed by atoms with Gasteiger partial charge in [-0.05, 0) is 7.05 Å². The van der Waals surface area contributed by atoms with Gasteiger partial charge in [-0.3, -0.25) is 0 Å². The third-order valence-corrected chi connectivity index (χ3v) is 1.69. The van der Waals surface area contributed by atoms with Crippen LogP contribution in [0.15, 0.2) is 0 Å². The zero-order valence-corrected chi connectivity index (χ0v) is 5.80. The van der Waals surface area contributed by atoms with Crippen LogP contribution in [-0.4, -0.2) is 43.0 Å². The molecule has 0 unspecified atom stereocenters. The van der Waals surface area contributed by atoms with Crippen molar-refractivity contribution in [2.45, 2.75) is 0 Å². The fourth-order valence-corrected chi connectivity index (χ4v) is 0.936. The summed E-state index contributed by atoms with van der Waals surface area (Å²) < 4.78 is 0. The second kappa shape index (κ2) is 2.75. The molecule has 0 radical (unpaired) electrons. The molecule has 0 amide bonds. The Balaban J connectivity index is 2.28. The summed E-state index contributed by atoms with van der Waals surface area (Å²) in [6, 6.07) is 2.63. The summed E-state index contributed by atoms with van der Waals surface area (Å²) in [5.41, 5.74) is 0. The van der Waals surface area contributed by atoms with Crippen molar-refractivity contribution in [3.63, 3.8) is 0 Å². The number of likely N-dealkylation sites (N-methyl/N-ethyl adjacent to an activating group) is 1. The van der Waals surface area contributed by atoms with Crippen LogP contribution in [0, 0.1) is 12.5 Å². The minimum Gasteiger partial charge on any atom is -0.330 e. The summed E-state index contributed by atoms with van der Waals surface area (Å²) in [6.45, 7) is 4.24. The molecule has 50 valence electrons. The summed E-state index contributed by atoms with van der Waals surface area (Å²) in [6.07, 6.45) is 5.21. The van der Waals surface area contributed by atoms with Gasteiger partial charge in [-0.15, -0.1) is 0 Å². The highest BCUT2D eigenvalue weighted by atomic mass is 15.2. The lowest BCUT2D eigenvalue weighted by molar-refractivity contribution is 0.207. The lowest BCUT2D eigenvalue weighted by Gasteiger charge is -2.29. The Kier molecular flexibility index (Phi) is 1.96. The van der Waals surface area contributed by atoms with Gasteiger partial charge in [0.05, 0.1) is 0 Å². The largest absolute Gasteiger partial charge is 0.330 e. The quantitative estimate of drug-likeness (QED) is 0.413. The highest BCUT2D eigenvalue weighted by Crippen LogP contribution is 1.95. The average Bonchev–Trinajstić information content (AvgIpc) is 1.90. The van der Waals surface area contributed by atoms with Crippen LogP contribution in [0.5, 0.6) is 0 Å². The van der Waals surface area contributed by atoms with Gasteiger partial charge in [-0.2, -0.15) is 0 Å². The molecule has 1 saturated heterocycles. The topological polar surface area (TPSA) is 6.48 Å². The molecule has 0 aromatic heterocycles. The van der Waals surface area contributed by atoms with Gasteiger partial charge < -0.3 is 9.80 Å². The first-order valence-electron chi connectivity index (χ1n) is 3.22. The molecule has 1 aliphatic rings. The predicted molar refractivity (Wildman–Crippen MR) is 37.9 cm³/mol. The van der Waals surface area contributed by atoms with E-state index in [1.54, 1.807) is 0 Å². The Morgan fingerprint density at radius 3 is 2.22 bits per heavy atom. The molecule has 0 aromatic carbocycles. The molecule has 1 heterocycles. The molecule has 0 bridgehead atoms. The van der Waals surface area contributed by atoms with Gasteiger partial charge in [-0.1, -0.05) is 6.42 Å². The Morgan fingerprint density at radius 1 is 1.22 bits per heavy atom. The molecule has 2 heteroatoms.